The van der Waals surface area contributed by atoms with Gasteiger partial charge in [0.25, 0.3) is 5.91 Å². The number of thioether (sulfide) groups is 1. The van der Waals surface area contributed by atoms with Crippen LogP contribution in [0, 0.1) is 0 Å². The first-order valence-electron chi connectivity index (χ1n) is 11.5. The average molecular weight is 457 g/mol. The SMILES string of the molecule is O=C(Nc1cccc(CN2CCCCC2)c1)c1ccccc1SCc1cn2ccccc2n1. The van der Waals surface area contributed by atoms with Gasteiger partial charge in [0.15, 0.2) is 0 Å². The molecule has 1 amide bonds. The minimum Gasteiger partial charge on any atom is -0.322 e. The van der Waals surface area contributed by atoms with Gasteiger partial charge in [0, 0.05) is 35.3 Å². The highest BCUT2D eigenvalue weighted by atomic mass is 32.2. The maximum atomic E-state index is 13.1. The van der Waals surface area contributed by atoms with Crippen LogP contribution in [0.1, 0.15) is 40.9 Å². The molecule has 1 fully saturated rings. The van der Waals surface area contributed by atoms with E-state index in [1.807, 2.05) is 71.4 Å². The zero-order valence-corrected chi connectivity index (χ0v) is 19.4. The Balaban J connectivity index is 1.26. The van der Waals surface area contributed by atoms with Crippen molar-refractivity contribution >= 4 is 29.0 Å². The highest BCUT2D eigenvalue weighted by molar-refractivity contribution is 7.98. The summed E-state index contributed by atoms with van der Waals surface area (Å²) in [5.74, 6) is 0.625. The number of hydrogen-bond acceptors (Lipinski definition) is 4. The number of carbonyl (C=O) groups excluding carboxylic acids is 1. The molecule has 0 saturated carbocycles. The number of amides is 1. The fourth-order valence-electron chi connectivity index (χ4n) is 4.31. The molecule has 33 heavy (non-hydrogen) atoms. The molecule has 6 heteroatoms. The number of rotatable bonds is 7. The van der Waals surface area contributed by atoms with E-state index in [1.165, 1.54) is 24.8 Å². The molecule has 0 atom stereocenters. The van der Waals surface area contributed by atoms with Crippen LogP contribution < -0.4 is 5.32 Å². The number of imidazole rings is 1. The number of carbonyl (C=O) groups is 1. The molecule has 2 aromatic carbocycles. The van der Waals surface area contributed by atoms with E-state index in [-0.39, 0.29) is 5.91 Å². The molecular weight excluding hydrogens is 428 g/mol. The van der Waals surface area contributed by atoms with Crippen molar-refractivity contribution in [2.24, 2.45) is 0 Å². The number of likely N-dealkylation sites (tertiary alicyclic amines) is 1. The predicted octanol–water partition coefficient (Wildman–Crippen LogP) is 5.86. The summed E-state index contributed by atoms with van der Waals surface area (Å²) in [4.78, 5) is 21.2. The van der Waals surface area contributed by atoms with Crippen LogP contribution >= 0.6 is 11.8 Å². The second-order valence-corrected chi connectivity index (χ2v) is 9.49. The number of anilines is 1. The maximum Gasteiger partial charge on any atom is 0.256 e. The third-order valence-corrected chi connectivity index (χ3v) is 7.07. The number of pyridine rings is 1. The Kier molecular flexibility index (Phi) is 6.74. The second kappa shape index (κ2) is 10.2. The van der Waals surface area contributed by atoms with E-state index in [4.69, 9.17) is 0 Å². The van der Waals surface area contributed by atoms with Crippen LogP contribution in [0.5, 0.6) is 0 Å². The second-order valence-electron chi connectivity index (χ2n) is 8.47. The van der Waals surface area contributed by atoms with Crippen LogP contribution in [0.15, 0.2) is 84.0 Å². The molecular formula is C27H28N4OS. The summed E-state index contributed by atoms with van der Waals surface area (Å²) >= 11 is 1.64. The van der Waals surface area contributed by atoms with Crippen LogP contribution in [0.3, 0.4) is 0 Å². The molecule has 168 valence electrons. The van der Waals surface area contributed by atoms with Gasteiger partial charge in [-0.3, -0.25) is 9.69 Å². The summed E-state index contributed by atoms with van der Waals surface area (Å²) in [7, 11) is 0. The Morgan fingerprint density at radius 1 is 0.970 bits per heavy atom. The number of nitrogens with one attached hydrogen (secondary N) is 1. The first-order chi connectivity index (χ1) is 16.2. The van der Waals surface area contributed by atoms with E-state index in [0.717, 1.165) is 41.6 Å². The molecule has 1 aliphatic rings. The molecule has 0 unspecified atom stereocenters. The topological polar surface area (TPSA) is 49.6 Å². The van der Waals surface area contributed by atoms with Crippen molar-refractivity contribution in [1.82, 2.24) is 14.3 Å². The van der Waals surface area contributed by atoms with Crippen molar-refractivity contribution in [1.29, 1.82) is 0 Å². The smallest absolute Gasteiger partial charge is 0.256 e. The van der Waals surface area contributed by atoms with Crippen molar-refractivity contribution in [3.05, 3.63) is 95.9 Å². The highest BCUT2D eigenvalue weighted by Crippen LogP contribution is 2.27. The van der Waals surface area contributed by atoms with Gasteiger partial charge in [0.2, 0.25) is 0 Å². The van der Waals surface area contributed by atoms with E-state index >= 15 is 0 Å². The Hall–Kier alpha value is -3.09. The van der Waals surface area contributed by atoms with E-state index in [2.05, 4.69) is 27.3 Å². The van der Waals surface area contributed by atoms with Crippen molar-refractivity contribution in [3.8, 4) is 0 Å². The molecule has 1 aliphatic heterocycles. The lowest BCUT2D eigenvalue weighted by molar-refractivity contribution is 0.102. The first kappa shape index (κ1) is 21.7. The van der Waals surface area contributed by atoms with Crippen LogP contribution in [0.4, 0.5) is 5.69 Å². The van der Waals surface area contributed by atoms with E-state index in [9.17, 15) is 4.79 Å². The first-order valence-corrected chi connectivity index (χ1v) is 12.5. The molecule has 0 radical (unpaired) electrons. The molecule has 1 N–H and O–H groups in total. The van der Waals surface area contributed by atoms with Crippen molar-refractivity contribution in [2.45, 2.75) is 36.5 Å². The number of fused-ring (bicyclic) bond motifs is 1. The van der Waals surface area contributed by atoms with Crippen molar-refractivity contribution in [2.75, 3.05) is 18.4 Å². The molecule has 0 spiro atoms. The Bertz CT molecular complexity index is 1210. The fraction of sp³-hybridized carbons (Fsp3) is 0.259. The zero-order chi connectivity index (χ0) is 22.5. The molecule has 0 aliphatic carbocycles. The lowest BCUT2D eigenvalue weighted by atomic mass is 10.1. The summed E-state index contributed by atoms with van der Waals surface area (Å²) in [6.07, 6.45) is 7.93. The van der Waals surface area contributed by atoms with E-state index in [0.29, 0.717) is 11.3 Å². The third kappa shape index (κ3) is 5.46. The van der Waals surface area contributed by atoms with E-state index in [1.54, 1.807) is 11.8 Å². The minimum absolute atomic E-state index is 0.0803. The van der Waals surface area contributed by atoms with Gasteiger partial charge in [-0.2, -0.15) is 0 Å². The minimum atomic E-state index is -0.0803. The average Bonchev–Trinajstić information content (AvgIpc) is 3.27. The van der Waals surface area contributed by atoms with Crippen molar-refractivity contribution in [3.63, 3.8) is 0 Å². The van der Waals surface area contributed by atoms with Crippen LogP contribution in [0.25, 0.3) is 5.65 Å². The van der Waals surface area contributed by atoms with Gasteiger partial charge in [-0.05, 0) is 67.9 Å². The summed E-state index contributed by atoms with van der Waals surface area (Å²) in [5.41, 5.74) is 4.70. The maximum absolute atomic E-state index is 13.1. The van der Waals surface area contributed by atoms with Crippen LogP contribution in [-0.2, 0) is 12.3 Å². The zero-order valence-electron chi connectivity index (χ0n) is 18.6. The van der Waals surface area contributed by atoms with Gasteiger partial charge in [-0.25, -0.2) is 4.98 Å². The number of benzene rings is 2. The van der Waals surface area contributed by atoms with Gasteiger partial charge >= 0.3 is 0 Å². The molecule has 5 rings (SSSR count). The quantitative estimate of drug-likeness (QED) is 0.354. The molecule has 5 nitrogen and oxygen atoms in total. The van der Waals surface area contributed by atoms with Crippen LogP contribution in [-0.4, -0.2) is 33.3 Å². The number of piperidine rings is 1. The highest BCUT2D eigenvalue weighted by Gasteiger charge is 2.14. The fourth-order valence-corrected chi connectivity index (χ4v) is 5.24. The van der Waals surface area contributed by atoms with Crippen LogP contribution in [0.2, 0.25) is 0 Å². The largest absolute Gasteiger partial charge is 0.322 e. The van der Waals surface area contributed by atoms with Crippen molar-refractivity contribution < 1.29 is 4.79 Å². The monoisotopic (exact) mass is 456 g/mol. The molecule has 2 aromatic heterocycles. The lowest BCUT2D eigenvalue weighted by Gasteiger charge is -2.26. The summed E-state index contributed by atoms with van der Waals surface area (Å²) in [6.45, 7) is 3.26. The summed E-state index contributed by atoms with van der Waals surface area (Å²) in [6, 6.07) is 22.0. The van der Waals surface area contributed by atoms with E-state index < -0.39 is 0 Å². The predicted molar refractivity (Wildman–Crippen MR) is 135 cm³/mol. The van der Waals surface area contributed by atoms with Gasteiger partial charge in [-0.1, -0.05) is 36.8 Å². The van der Waals surface area contributed by atoms with Gasteiger partial charge in [0.1, 0.15) is 5.65 Å². The molecule has 4 aromatic rings. The summed E-state index contributed by atoms with van der Waals surface area (Å²) in [5, 5.41) is 3.11. The summed E-state index contributed by atoms with van der Waals surface area (Å²) < 4.78 is 2.02. The lowest BCUT2D eigenvalue weighted by Crippen LogP contribution is -2.29. The number of nitrogens with zero attached hydrogens (tertiary/aromatic N) is 3. The number of hydrogen-bond donors (Lipinski definition) is 1. The Labute approximate surface area is 198 Å². The van der Waals surface area contributed by atoms with Gasteiger partial charge in [0.05, 0.1) is 11.3 Å². The number of aromatic nitrogens is 2. The standard InChI is InChI=1S/C27H28N4OS/c32-27(29-22-10-8-9-21(17-22)18-30-14-5-1-6-15-30)24-11-2-3-12-25(24)33-20-23-19-31-16-7-4-13-26(31)28-23/h2-4,7-13,16-17,19H,1,5-6,14-15,18,20H2,(H,29,32). The Morgan fingerprint density at radius 3 is 2.70 bits per heavy atom. The third-order valence-electron chi connectivity index (χ3n) is 5.96. The van der Waals surface area contributed by atoms with Gasteiger partial charge < -0.3 is 9.72 Å². The normalized spacial score (nSPS) is 14.4. The Morgan fingerprint density at radius 2 is 1.82 bits per heavy atom. The molecule has 1 saturated heterocycles. The molecule has 0 bridgehead atoms. The van der Waals surface area contributed by atoms with Gasteiger partial charge in [-0.15, -0.1) is 11.8 Å². The molecule has 3 heterocycles.